The van der Waals surface area contributed by atoms with Gasteiger partial charge < -0.3 is 5.32 Å². The van der Waals surface area contributed by atoms with Crippen molar-refractivity contribution in [2.24, 2.45) is 0 Å². The van der Waals surface area contributed by atoms with E-state index in [1.807, 2.05) is 19.9 Å². The molecule has 0 atom stereocenters. The lowest BCUT2D eigenvalue weighted by Crippen LogP contribution is -2.20. The molecule has 0 fully saturated rings. The normalized spacial score (nSPS) is 15.9. The first kappa shape index (κ1) is 11.3. The second-order valence-corrected chi connectivity index (χ2v) is 2.61. The van der Waals surface area contributed by atoms with Gasteiger partial charge in [-0.2, -0.15) is 0 Å². The molecule has 1 N–H and O–H groups in total. The van der Waals surface area contributed by atoms with Crippen molar-refractivity contribution in [3.8, 4) is 0 Å². The number of hydrogen-bond donors (Lipinski definition) is 1. The Labute approximate surface area is 76.6 Å². The molecule has 0 amide bonds. The van der Waals surface area contributed by atoms with E-state index in [2.05, 4.69) is 18.8 Å². The Balaban J connectivity index is 0.000000561. The molecule has 1 heterocycles. The third kappa shape index (κ3) is 3.12. The molecule has 0 saturated heterocycles. The highest BCUT2D eigenvalue weighted by Gasteiger charge is 2.06. The van der Waals surface area contributed by atoms with Crippen LogP contribution < -0.4 is 5.32 Å². The minimum atomic E-state index is 1.12. The SMILES string of the molecule is C=CC1=C(CC)CCCN1.CC. The Morgan fingerprint density at radius 1 is 1.50 bits per heavy atom. The third-order valence-corrected chi connectivity index (χ3v) is 1.98. The molecule has 0 saturated carbocycles. The molecule has 1 aliphatic rings. The zero-order valence-corrected chi connectivity index (χ0v) is 8.61. The summed E-state index contributed by atoms with van der Waals surface area (Å²) >= 11 is 0. The second-order valence-electron chi connectivity index (χ2n) is 2.61. The molecule has 0 aromatic rings. The molecule has 0 radical (unpaired) electrons. The molecule has 0 unspecified atom stereocenters. The zero-order chi connectivity index (χ0) is 9.40. The number of rotatable bonds is 2. The molecule has 1 rings (SSSR count). The molecule has 1 nitrogen and oxygen atoms in total. The maximum atomic E-state index is 3.76. The van der Waals surface area contributed by atoms with Crippen molar-refractivity contribution in [2.45, 2.75) is 40.0 Å². The van der Waals surface area contributed by atoms with Crippen molar-refractivity contribution >= 4 is 0 Å². The summed E-state index contributed by atoms with van der Waals surface area (Å²) in [4.78, 5) is 0. The van der Waals surface area contributed by atoms with E-state index >= 15 is 0 Å². The van der Waals surface area contributed by atoms with Crippen molar-refractivity contribution in [3.63, 3.8) is 0 Å². The average Bonchev–Trinajstić information content (AvgIpc) is 2.20. The molecule has 70 valence electrons. The molecule has 0 aromatic carbocycles. The number of hydrogen-bond acceptors (Lipinski definition) is 1. The monoisotopic (exact) mass is 167 g/mol. The molecule has 0 aromatic heterocycles. The van der Waals surface area contributed by atoms with E-state index in [4.69, 9.17) is 0 Å². The summed E-state index contributed by atoms with van der Waals surface area (Å²) in [6, 6.07) is 0. The van der Waals surface area contributed by atoms with Crippen LogP contribution in [0.15, 0.2) is 23.9 Å². The van der Waals surface area contributed by atoms with Gasteiger partial charge in [0.05, 0.1) is 0 Å². The lowest BCUT2D eigenvalue weighted by molar-refractivity contribution is 0.658. The summed E-state index contributed by atoms with van der Waals surface area (Å²) in [5, 5.41) is 3.33. The van der Waals surface area contributed by atoms with Crippen LogP contribution in [0.2, 0.25) is 0 Å². The predicted molar refractivity (Wildman–Crippen MR) is 56.1 cm³/mol. The lowest BCUT2D eigenvalue weighted by atomic mass is 10.0. The predicted octanol–water partition coefficient (Wildman–Crippen LogP) is 3.25. The van der Waals surface area contributed by atoms with Gasteiger partial charge in [-0.15, -0.1) is 0 Å². The smallest absolute Gasteiger partial charge is 0.0326 e. The summed E-state index contributed by atoms with van der Waals surface area (Å²) in [5.41, 5.74) is 2.80. The topological polar surface area (TPSA) is 12.0 Å². The Bertz CT molecular complexity index is 156. The van der Waals surface area contributed by atoms with Gasteiger partial charge in [-0.05, 0) is 30.9 Å². The van der Waals surface area contributed by atoms with Crippen LogP contribution >= 0.6 is 0 Å². The van der Waals surface area contributed by atoms with Crippen LogP contribution in [-0.4, -0.2) is 6.54 Å². The van der Waals surface area contributed by atoms with Crippen molar-refractivity contribution in [1.29, 1.82) is 0 Å². The molecule has 12 heavy (non-hydrogen) atoms. The van der Waals surface area contributed by atoms with Crippen LogP contribution in [0.1, 0.15) is 40.0 Å². The van der Waals surface area contributed by atoms with E-state index in [0.717, 1.165) is 13.0 Å². The maximum Gasteiger partial charge on any atom is 0.0326 e. The maximum absolute atomic E-state index is 3.76. The molecular weight excluding hydrogens is 146 g/mol. The molecule has 0 bridgehead atoms. The van der Waals surface area contributed by atoms with Gasteiger partial charge in [0, 0.05) is 12.2 Å². The van der Waals surface area contributed by atoms with E-state index in [0.29, 0.717) is 0 Å². The highest BCUT2D eigenvalue weighted by Crippen LogP contribution is 2.17. The van der Waals surface area contributed by atoms with E-state index in [1.54, 1.807) is 0 Å². The first-order valence-electron chi connectivity index (χ1n) is 4.96. The van der Waals surface area contributed by atoms with Crippen LogP contribution in [0.5, 0.6) is 0 Å². The minimum Gasteiger partial charge on any atom is -0.385 e. The standard InChI is InChI=1S/C9H15N.C2H6/c1-3-8-6-5-7-10-9(8)4-2;1-2/h4,10H,2-3,5-7H2,1H3;1-2H3. The van der Waals surface area contributed by atoms with Crippen LogP contribution in [0.3, 0.4) is 0 Å². The fraction of sp³-hybridized carbons (Fsp3) is 0.636. The van der Waals surface area contributed by atoms with Gasteiger partial charge in [-0.1, -0.05) is 27.4 Å². The zero-order valence-electron chi connectivity index (χ0n) is 8.61. The highest BCUT2D eigenvalue weighted by molar-refractivity contribution is 5.24. The van der Waals surface area contributed by atoms with Gasteiger partial charge in [0.25, 0.3) is 0 Å². The van der Waals surface area contributed by atoms with Crippen LogP contribution in [0.25, 0.3) is 0 Å². The molecule has 0 aliphatic carbocycles. The summed E-state index contributed by atoms with van der Waals surface area (Å²) in [5.74, 6) is 0. The van der Waals surface area contributed by atoms with E-state index < -0.39 is 0 Å². The van der Waals surface area contributed by atoms with Gasteiger partial charge >= 0.3 is 0 Å². The van der Waals surface area contributed by atoms with Gasteiger partial charge in [-0.3, -0.25) is 0 Å². The van der Waals surface area contributed by atoms with Crippen molar-refractivity contribution < 1.29 is 0 Å². The first-order valence-corrected chi connectivity index (χ1v) is 4.96. The molecule has 0 spiro atoms. The Kier molecular flexibility index (Phi) is 6.54. The van der Waals surface area contributed by atoms with Gasteiger partial charge in [0.15, 0.2) is 0 Å². The molecular formula is C11H21N. The van der Waals surface area contributed by atoms with Gasteiger partial charge in [-0.25, -0.2) is 0 Å². The largest absolute Gasteiger partial charge is 0.385 e. The van der Waals surface area contributed by atoms with Crippen molar-refractivity contribution in [2.75, 3.05) is 6.54 Å². The van der Waals surface area contributed by atoms with Crippen LogP contribution in [-0.2, 0) is 0 Å². The molecule has 1 aliphatic heterocycles. The van der Waals surface area contributed by atoms with Gasteiger partial charge in [0.2, 0.25) is 0 Å². The van der Waals surface area contributed by atoms with Crippen LogP contribution in [0, 0.1) is 0 Å². The number of nitrogens with one attached hydrogen (secondary N) is 1. The Morgan fingerprint density at radius 3 is 2.58 bits per heavy atom. The summed E-state index contributed by atoms with van der Waals surface area (Å²) in [6.07, 6.45) is 5.62. The quantitative estimate of drug-likeness (QED) is 0.665. The second kappa shape index (κ2) is 6.96. The summed E-state index contributed by atoms with van der Waals surface area (Å²) in [7, 11) is 0. The van der Waals surface area contributed by atoms with E-state index in [-0.39, 0.29) is 0 Å². The fourth-order valence-electron chi connectivity index (χ4n) is 1.37. The van der Waals surface area contributed by atoms with Crippen molar-refractivity contribution in [1.82, 2.24) is 5.32 Å². The Hall–Kier alpha value is -0.720. The minimum absolute atomic E-state index is 1.12. The van der Waals surface area contributed by atoms with Gasteiger partial charge in [0.1, 0.15) is 0 Å². The summed E-state index contributed by atoms with van der Waals surface area (Å²) < 4.78 is 0. The summed E-state index contributed by atoms with van der Waals surface area (Å²) in [6.45, 7) is 11.1. The Morgan fingerprint density at radius 2 is 2.17 bits per heavy atom. The average molecular weight is 167 g/mol. The third-order valence-electron chi connectivity index (χ3n) is 1.98. The van der Waals surface area contributed by atoms with Crippen molar-refractivity contribution in [3.05, 3.63) is 23.9 Å². The number of allylic oxidation sites excluding steroid dienone is 2. The molecule has 1 heteroatoms. The van der Waals surface area contributed by atoms with E-state index in [9.17, 15) is 0 Å². The van der Waals surface area contributed by atoms with E-state index in [1.165, 1.54) is 24.1 Å². The van der Waals surface area contributed by atoms with Crippen LogP contribution in [0.4, 0.5) is 0 Å². The fourth-order valence-corrected chi connectivity index (χ4v) is 1.37. The lowest BCUT2D eigenvalue weighted by Gasteiger charge is -2.18. The first-order chi connectivity index (χ1) is 5.88. The highest BCUT2D eigenvalue weighted by atomic mass is 14.9.